The van der Waals surface area contributed by atoms with Crippen LogP contribution in [-0.4, -0.2) is 32.9 Å². The van der Waals surface area contributed by atoms with Crippen molar-refractivity contribution in [2.24, 2.45) is 0 Å². The number of H-pyrrole nitrogens is 1. The molecule has 1 N–H and O–H groups in total. The Hall–Kier alpha value is -2.86. The van der Waals surface area contributed by atoms with Gasteiger partial charge in [-0.05, 0) is 42.8 Å². The summed E-state index contributed by atoms with van der Waals surface area (Å²) < 4.78 is 13.0. The number of aromatic amines is 1. The molecule has 6 heteroatoms. The van der Waals surface area contributed by atoms with E-state index in [0.29, 0.717) is 17.2 Å². The number of hydrogen-bond donors (Lipinski definition) is 1. The molecule has 132 valence electrons. The molecule has 0 bridgehead atoms. The second-order valence-electron chi connectivity index (χ2n) is 6.58. The zero-order valence-corrected chi connectivity index (χ0v) is 14.2. The van der Waals surface area contributed by atoms with Crippen LogP contribution in [-0.2, 0) is 6.54 Å². The predicted octanol–water partition coefficient (Wildman–Crippen LogP) is 2.96. The van der Waals surface area contributed by atoms with E-state index in [0.717, 1.165) is 31.6 Å². The van der Waals surface area contributed by atoms with E-state index in [1.165, 1.54) is 18.2 Å². The topological polar surface area (TPSA) is 61.9 Å². The summed E-state index contributed by atoms with van der Waals surface area (Å²) >= 11 is 0. The fourth-order valence-corrected chi connectivity index (χ4v) is 3.36. The summed E-state index contributed by atoms with van der Waals surface area (Å²) in [5.74, 6) is 0.660. The highest BCUT2D eigenvalue weighted by Gasteiger charge is 2.26. The van der Waals surface area contributed by atoms with E-state index in [-0.39, 0.29) is 17.3 Å². The summed E-state index contributed by atoms with van der Waals surface area (Å²) in [6.07, 6.45) is 2.62. The van der Waals surface area contributed by atoms with Gasteiger partial charge in [0, 0.05) is 31.3 Å². The third-order valence-electron chi connectivity index (χ3n) is 4.67. The van der Waals surface area contributed by atoms with Crippen molar-refractivity contribution >= 4 is 0 Å². The Kier molecular flexibility index (Phi) is 4.58. The smallest absolute Gasteiger partial charge is 0.251 e. The van der Waals surface area contributed by atoms with E-state index in [1.807, 2.05) is 30.3 Å². The Bertz CT molecular complexity index is 940. The van der Waals surface area contributed by atoms with Gasteiger partial charge in [0.15, 0.2) is 0 Å². The lowest BCUT2D eigenvalue weighted by Gasteiger charge is -2.16. The third kappa shape index (κ3) is 3.70. The van der Waals surface area contributed by atoms with Crippen LogP contribution in [0.25, 0.3) is 11.4 Å². The van der Waals surface area contributed by atoms with Crippen molar-refractivity contribution in [1.29, 1.82) is 0 Å². The maximum atomic E-state index is 13.0. The van der Waals surface area contributed by atoms with E-state index >= 15 is 0 Å². The van der Waals surface area contributed by atoms with Crippen LogP contribution in [0.1, 0.15) is 23.7 Å². The van der Waals surface area contributed by atoms with E-state index in [1.54, 1.807) is 6.20 Å². The largest absolute Gasteiger partial charge is 0.310 e. The quantitative estimate of drug-likeness (QED) is 0.786. The molecular weight excluding hydrogens is 331 g/mol. The fourth-order valence-electron chi connectivity index (χ4n) is 3.36. The first-order chi connectivity index (χ1) is 12.7. The normalized spacial score (nSPS) is 17.5. The molecule has 0 spiro atoms. The van der Waals surface area contributed by atoms with Gasteiger partial charge in [-0.25, -0.2) is 9.37 Å². The second-order valence-corrected chi connectivity index (χ2v) is 6.58. The van der Waals surface area contributed by atoms with E-state index < -0.39 is 0 Å². The summed E-state index contributed by atoms with van der Waals surface area (Å²) in [5, 5.41) is 0. The molecule has 1 atom stereocenters. The number of nitrogens with zero attached hydrogens (tertiary/aromatic N) is 3. The Labute approximate surface area is 150 Å². The lowest BCUT2D eigenvalue weighted by molar-refractivity contribution is 0.325. The number of aromatic nitrogens is 3. The summed E-state index contributed by atoms with van der Waals surface area (Å²) in [6.45, 7) is 2.49. The van der Waals surface area contributed by atoms with Gasteiger partial charge in [0.25, 0.3) is 5.56 Å². The number of hydrogen-bond acceptors (Lipinski definition) is 4. The Morgan fingerprint density at radius 1 is 1.15 bits per heavy atom. The number of benzene rings is 1. The van der Waals surface area contributed by atoms with E-state index in [2.05, 4.69) is 19.9 Å². The minimum absolute atomic E-state index is 0.160. The molecule has 1 aliphatic heterocycles. The average Bonchev–Trinajstić information content (AvgIpc) is 3.12. The van der Waals surface area contributed by atoms with E-state index in [4.69, 9.17) is 0 Å². The first-order valence-corrected chi connectivity index (χ1v) is 8.67. The molecule has 4 rings (SSSR count). The number of rotatable bonds is 4. The first-order valence-electron chi connectivity index (χ1n) is 8.67. The summed E-state index contributed by atoms with van der Waals surface area (Å²) in [7, 11) is 0. The molecule has 1 saturated heterocycles. The molecule has 0 saturated carbocycles. The zero-order chi connectivity index (χ0) is 17.9. The predicted molar refractivity (Wildman–Crippen MR) is 97.1 cm³/mol. The van der Waals surface area contributed by atoms with Crippen molar-refractivity contribution in [1.82, 2.24) is 19.9 Å². The SMILES string of the molecule is O=c1cc(-c2ccccn2)nc(C2CCN(Cc3ccc(F)cc3)C2)[nH]1. The average molecular weight is 350 g/mol. The highest BCUT2D eigenvalue weighted by molar-refractivity contribution is 5.52. The van der Waals surface area contributed by atoms with Crippen LogP contribution in [0.5, 0.6) is 0 Å². The summed E-state index contributed by atoms with van der Waals surface area (Å²) in [6, 6.07) is 13.6. The molecule has 1 unspecified atom stereocenters. The van der Waals surface area contributed by atoms with Crippen LogP contribution in [0.15, 0.2) is 59.5 Å². The molecule has 26 heavy (non-hydrogen) atoms. The van der Waals surface area contributed by atoms with Gasteiger partial charge in [0.1, 0.15) is 11.6 Å². The van der Waals surface area contributed by atoms with Crippen LogP contribution in [0, 0.1) is 5.82 Å². The highest BCUT2D eigenvalue weighted by Crippen LogP contribution is 2.26. The van der Waals surface area contributed by atoms with Gasteiger partial charge in [-0.3, -0.25) is 14.7 Å². The van der Waals surface area contributed by atoms with Gasteiger partial charge in [-0.1, -0.05) is 18.2 Å². The lowest BCUT2D eigenvalue weighted by Crippen LogP contribution is -2.21. The van der Waals surface area contributed by atoms with Crippen LogP contribution in [0.2, 0.25) is 0 Å². The van der Waals surface area contributed by atoms with Crippen molar-refractivity contribution in [3.05, 3.63) is 82.3 Å². The zero-order valence-electron chi connectivity index (χ0n) is 14.2. The van der Waals surface area contributed by atoms with Gasteiger partial charge in [0.2, 0.25) is 0 Å². The van der Waals surface area contributed by atoms with Crippen LogP contribution < -0.4 is 5.56 Å². The van der Waals surface area contributed by atoms with Crippen LogP contribution in [0.3, 0.4) is 0 Å². The Morgan fingerprint density at radius 2 is 2.00 bits per heavy atom. The molecule has 0 aliphatic carbocycles. The standard InChI is InChI=1S/C20H19FN4O/c21-16-6-4-14(5-7-16)12-25-10-8-15(13-25)20-23-18(11-19(26)24-20)17-3-1-2-9-22-17/h1-7,9,11,15H,8,10,12-13H2,(H,23,24,26). The van der Waals surface area contributed by atoms with Crippen LogP contribution in [0.4, 0.5) is 4.39 Å². The van der Waals surface area contributed by atoms with Gasteiger partial charge in [-0.2, -0.15) is 0 Å². The highest BCUT2D eigenvalue weighted by atomic mass is 19.1. The number of halogens is 1. The van der Waals surface area contributed by atoms with E-state index in [9.17, 15) is 9.18 Å². The molecule has 1 fully saturated rings. The minimum Gasteiger partial charge on any atom is -0.310 e. The number of pyridine rings is 1. The van der Waals surface area contributed by atoms with Gasteiger partial charge in [0.05, 0.1) is 11.4 Å². The molecule has 2 aromatic heterocycles. The molecule has 3 heterocycles. The Morgan fingerprint density at radius 3 is 2.77 bits per heavy atom. The van der Waals surface area contributed by atoms with Crippen molar-refractivity contribution in [2.75, 3.05) is 13.1 Å². The molecule has 1 aromatic carbocycles. The fraction of sp³-hybridized carbons (Fsp3) is 0.250. The first kappa shape index (κ1) is 16.6. The molecule has 0 amide bonds. The van der Waals surface area contributed by atoms with Crippen molar-refractivity contribution in [3.63, 3.8) is 0 Å². The molecular formula is C20H19FN4O. The second kappa shape index (κ2) is 7.17. The number of nitrogens with one attached hydrogen (secondary N) is 1. The Balaban J connectivity index is 1.51. The molecule has 0 radical (unpaired) electrons. The molecule has 3 aromatic rings. The van der Waals surface area contributed by atoms with Crippen molar-refractivity contribution in [2.45, 2.75) is 18.9 Å². The molecule has 1 aliphatic rings. The maximum absolute atomic E-state index is 13.0. The monoisotopic (exact) mass is 350 g/mol. The lowest BCUT2D eigenvalue weighted by atomic mass is 10.1. The minimum atomic E-state index is -0.221. The van der Waals surface area contributed by atoms with Gasteiger partial charge < -0.3 is 4.98 Å². The van der Waals surface area contributed by atoms with Gasteiger partial charge in [-0.15, -0.1) is 0 Å². The third-order valence-corrected chi connectivity index (χ3v) is 4.67. The maximum Gasteiger partial charge on any atom is 0.251 e. The number of likely N-dealkylation sites (tertiary alicyclic amines) is 1. The van der Waals surface area contributed by atoms with Crippen molar-refractivity contribution < 1.29 is 4.39 Å². The summed E-state index contributed by atoms with van der Waals surface area (Å²) in [4.78, 5) is 26.2. The summed E-state index contributed by atoms with van der Waals surface area (Å²) in [5.41, 5.74) is 2.21. The van der Waals surface area contributed by atoms with Crippen molar-refractivity contribution in [3.8, 4) is 11.4 Å². The molecule has 5 nitrogen and oxygen atoms in total. The van der Waals surface area contributed by atoms with Crippen LogP contribution >= 0.6 is 0 Å². The van der Waals surface area contributed by atoms with Gasteiger partial charge >= 0.3 is 0 Å².